The van der Waals surface area contributed by atoms with E-state index in [4.69, 9.17) is 5.73 Å². The molecule has 3 fully saturated rings. The maximum atomic E-state index is 13.1. The number of para-hydroxylation sites is 1. The number of amides is 1. The van der Waals surface area contributed by atoms with Crippen molar-refractivity contribution in [1.82, 2.24) is 4.90 Å². The van der Waals surface area contributed by atoms with Gasteiger partial charge in [-0.2, -0.15) is 0 Å². The lowest BCUT2D eigenvalue weighted by atomic mass is 9.65. The van der Waals surface area contributed by atoms with Gasteiger partial charge in [0.2, 0.25) is 5.91 Å². The van der Waals surface area contributed by atoms with E-state index in [1.165, 1.54) is 30.5 Å². The number of hydrogen-bond acceptors (Lipinski definition) is 3. The minimum absolute atomic E-state index is 0. The van der Waals surface area contributed by atoms with Gasteiger partial charge < -0.3 is 15.5 Å². The minimum atomic E-state index is 0. The van der Waals surface area contributed by atoms with E-state index in [1.54, 1.807) is 0 Å². The number of hydrogen-bond donors (Lipinski definition) is 1. The van der Waals surface area contributed by atoms with Crippen LogP contribution in [0.2, 0.25) is 0 Å². The van der Waals surface area contributed by atoms with Crippen molar-refractivity contribution in [2.45, 2.75) is 45.1 Å². The Bertz CT molecular complexity index is 620. The van der Waals surface area contributed by atoms with Crippen LogP contribution in [-0.4, -0.2) is 43.0 Å². The zero-order valence-electron chi connectivity index (χ0n) is 16.2. The molecule has 6 heteroatoms. The molecule has 152 valence electrons. The average Bonchev–Trinajstić information content (AvgIpc) is 2.61. The number of piperazine rings is 1. The Labute approximate surface area is 175 Å². The summed E-state index contributed by atoms with van der Waals surface area (Å²) in [5.74, 6) is 1.78. The molecule has 2 N–H and O–H groups in total. The standard InChI is InChI=1S/C21H31N3O.2ClH/c1-15-5-2-3-8-19(15)23-9-11-24(12-10-23)21(25)18-13-16-6-4-7-17(14-18)20(16)22;;/h2-3,5,8,16-18,20H,4,6-7,9-14,22H2,1H3;2*1H. The van der Waals surface area contributed by atoms with Gasteiger partial charge in [0.25, 0.3) is 0 Å². The van der Waals surface area contributed by atoms with Crippen molar-refractivity contribution in [3.8, 4) is 0 Å². The number of carbonyl (C=O) groups excluding carboxylic acids is 1. The lowest BCUT2D eigenvalue weighted by molar-refractivity contribution is -0.138. The van der Waals surface area contributed by atoms with Crippen LogP contribution < -0.4 is 10.6 Å². The van der Waals surface area contributed by atoms with Gasteiger partial charge in [-0.3, -0.25) is 4.79 Å². The van der Waals surface area contributed by atoms with Gasteiger partial charge in [-0.05, 0) is 56.1 Å². The molecule has 0 radical (unpaired) electrons. The molecule has 4 nitrogen and oxygen atoms in total. The van der Waals surface area contributed by atoms with E-state index < -0.39 is 0 Å². The van der Waals surface area contributed by atoms with E-state index in [0.29, 0.717) is 23.8 Å². The number of anilines is 1. The summed E-state index contributed by atoms with van der Waals surface area (Å²) in [6.07, 6.45) is 5.80. The van der Waals surface area contributed by atoms with Gasteiger partial charge in [0.15, 0.2) is 0 Å². The fourth-order valence-corrected chi connectivity index (χ4v) is 5.33. The topological polar surface area (TPSA) is 49.6 Å². The molecule has 1 aliphatic heterocycles. The van der Waals surface area contributed by atoms with Crippen LogP contribution in [0.5, 0.6) is 0 Å². The Morgan fingerprint density at radius 1 is 1.00 bits per heavy atom. The van der Waals surface area contributed by atoms with E-state index >= 15 is 0 Å². The highest BCUT2D eigenvalue weighted by Crippen LogP contribution is 2.42. The van der Waals surface area contributed by atoms with Crippen molar-refractivity contribution >= 4 is 36.4 Å². The normalized spacial score (nSPS) is 30.1. The molecule has 2 aliphatic carbocycles. The average molecular weight is 414 g/mol. The first kappa shape index (κ1) is 22.3. The molecule has 1 heterocycles. The minimum Gasteiger partial charge on any atom is -0.368 e. The van der Waals surface area contributed by atoms with Gasteiger partial charge in [-0.25, -0.2) is 0 Å². The number of benzene rings is 1. The maximum absolute atomic E-state index is 13.1. The van der Waals surface area contributed by atoms with Crippen molar-refractivity contribution in [2.24, 2.45) is 23.5 Å². The maximum Gasteiger partial charge on any atom is 0.225 e. The molecule has 1 aromatic carbocycles. The third-order valence-electron chi connectivity index (χ3n) is 6.81. The monoisotopic (exact) mass is 413 g/mol. The highest BCUT2D eigenvalue weighted by atomic mass is 35.5. The summed E-state index contributed by atoms with van der Waals surface area (Å²) in [5, 5.41) is 0. The molecule has 2 saturated carbocycles. The second kappa shape index (κ2) is 9.49. The van der Waals surface area contributed by atoms with E-state index in [1.807, 2.05) is 0 Å². The van der Waals surface area contributed by atoms with Crippen LogP contribution in [0.25, 0.3) is 0 Å². The van der Waals surface area contributed by atoms with Crippen molar-refractivity contribution in [3.05, 3.63) is 29.8 Å². The summed E-state index contributed by atoms with van der Waals surface area (Å²) in [6.45, 7) is 5.75. The molecule has 27 heavy (non-hydrogen) atoms. The molecule has 2 bridgehead atoms. The lowest BCUT2D eigenvalue weighted by Crippen LogP contribution is -2.53. The Hall–Kier alpha value is -0.970. The Balaban J connectivity index is 0.00000131. The first-order valence-corrected chi connectivity index (χ1v) is 9.98. The van der Waals surface area contributed by atoms with Crippen LogP contribution in [0.1, 0.15) is 37.7 Å². The van der Waals surface area contributed by atoms with E-state index in [2.05, 4.69) is 41.0 Å². The van der Waals surface area contributed by atoms with Gasteiger partial charge in [0, 0.05) is 43.8 Å². The first-order valence-electron chi connectivity index (χ1n) is 9.98. The zero-order chi connectivity index (χ0) is 17.4. The summed E-state index contributed by atoms with van der Waals surface area (Å²) in [4.78, 5) is 17.6. The molecule has 1 saturated heterocycles. The molecule has 4 rings (SSSR count). The van der Waals surface area contributed by atoms with E-state index in [0.717, 1.165) is 39.0 Å². The van der Waals surface area contributed by atoms with E-state index in [9.17, 15) is 4.79 Å². The van der Waals surface area contributed by atoms with Crippen LogP contribution in [0, 0.1) is 24.7 Å². The molecular weight excluding hydrogens is 381 g/mol. The first-order chi connectivity index (χ1) is 12.1. The molecule has 0 aromatic heterocycles. The second-order valence-corrected chi connectivity index (χ2v) is 8.30. The summed E-state index contributed by atoms with van der Waals surface area (Å²) in [7, 11) is 0. The number of aryl methyl sites for hydroxylation is 1. The highest BCUT2D eigenvalue weighted by Gasteiger charge is 2.41. The number of nitrogens with two attached hydrogens (primary N) is 1. The Morgan fingerprint density at radius 2 is 1.59 bits per heavy atom. The number of fused-ring (bicyclic) bond motifs is 2. The molecule has 3 aliphatic rings. The fraction of sp³-hybridized carbons (Fsp3) is 0.667. The highest BCUT2D eigenvalue weighted by molar-refractivity contribution is 5.85. The SMILES string of the molecule is Cc1ccccc1N1CCN(C(=O)C2CC3CCCC(C2)C3N)CC1.Cl.Cl. The predicted octanol–water partition coefficient (Wildman–Crippen LogP) is 3.64. The van der Waals surface area contributed by atoms with Gasteiger partial charge in [-0.1, -0.05) is 24.6 Å². The van der Waals surface area contributed by atoms with Gasteiger partial charge >= 0.3 is 0 Å². The van der Waals surface area contributed by atoms with Gasteiger partial charge in [-0.15, -0.1) is 24.8 Å². The molecule has 2 unspecified atom stereocenters. The number of nitrogens with zero attached hydrogens (tertiary/aromatic N) is 2. The number of halogens is 2. The molecule has 0 spiro atoms. The van der Waals surface area contributed by atoms with Crippen LogP contribution in [0.3, 0.4) is 0 Å². The summed E-state index contributed by atoms with van der Waals surface area (Å²) in [6, 6.07) is 8.89. The number of carbonyl (C=O) groups is 1. The van der Waals surface area contributed by atoms with Crippen LogP contribution in [0.15, 0.2) is 24.3 Å². The van der Waals surface area contributed by atoms with Crippen molar-refractivity contribution in [2.75, 3.05) is 31.1 Å². The zero-order valence-corrected chi connectivity index (χ0v) is 17.8. The van der Waals surface area contributed by atoms with Crippen LogP contribution in [0.4, 0.5) is 5.69 Å². The fourth-order valence-electron chi connectivity index (χ4n) is 5.33. The Morgan fingerprint density at radius 3 is 2.19 bits per heavy atom. The summed E-state index contributed by atoms with van der Waals surface area (Å²) < 4.78 is 0. The van der Waals surface area contributed by atoms with Crippen molar-refractivity contribution in [1.29, 1.82) is 0 Å². The van der Waals surface area contributed by atoms with Crippen molar-refractivity contribution < 1.29 is 4.79 Å². The van der Waals surface area contributed by atoms with Crippen molar-refractivity contribution in [3.63, 3.8) is 0 Å². The smallest absolute Gasteiger partial charge is 0.225 e. The second-order valence-electron chi connectivity index (χ2n) is 8.30. The molecular formula is C21H33Cl2N3O. The lowest BCUT2D eigenvalue weighted by Gasteiger charge is -2.45. The third kappa shape index (κ3) is 4.55. The predicted molar refractivity (Wildman–Crippen MR) is 116 cm³/mol. The number of rotatable bonds is 2. The van der Waals surface area contributed by atoms with Gasteiger partial charge in [0.1, 0.15) is 0 Å². The van der Waals surface area contributed by atoms with E-state index in [-0.39, 0.29) is 30.7 Å². The summed E-state index contributed by atoms with van der Waals surface area (Å²) in [5.41, 5.74) is 9.02. The van der Waals surface area contributed by atoms with Gasteiger partial charge in [0.05, 0.1) is 0 Å². The third-order valence-corrected chi connectivity index (χ3v) is 6.81. The quantitative estimate of drug-likeness (QED) is 0.804. The molecule has 2 atom stereocenters. The summed E-state index contributed by atoms with van der Waals surface area (Å²) >= 11 is 0. The Kier molecular flexibility index (Phi) is 7.84. The molecule has 1 aromatic rings. The largest absolute Gasteiger partial charge is 0.368 e. The molecule has 1 amide bonds. The van der Waals surface area contributed by atoms with Crippen LogP contribution in [-0.2, 0) is 4.79 Å². The van der Waals surface area contributed by atoms with Crippen LogP contribution >= 0.6 is 24.8 Å².